The minimum Gasteiger partial charge on any atom is -0.489 e. The topological polar surface area (TPSA) is 62.1 Å². The lowest BCUT2D eigenvalue weighted by Crippen LogP contribution is -2.30. The molecule has 0 spiro atoms. The molecule has 0 fully saturated rings. The normalized spacial score (nSPS) is 11.1. The van der Waals surface area contributed by atoms with Crippen molar-refractivity contribution in [2.24, 2.45) is 0 Å². The molecule has 128 valence electrons. The number of nitrogens with one attached hydrogen (secondary N) is 1. The maximum Gasteiger partial charge on any atom is 0.262 e. The summed E-state index contributed by atoms with van der Waals surface area (Å²) in [5.41, 5.74) is 1.50. The fraction of sp³-hybridized carbons (Fsp3) is 0.200. The molecule has 0 heterocycles. The van der Waals surface area contributed by atoms with Gasteiger partial charge in [-0.2, -0.15) is 5.26 Å². The third-order valence-corrected chi connectivity index (χ3v) is 3.27. The van der Waals surface area contributed by atoms with Gasteiger partial charge in [0.05, 0.1) is 0 Å². The molecule has 0 atom stereocenters. The lowest BCUT2D eigenvalue weighted by Gasteiger charge is -2.08. The molecule has 1 amide bonds. The van der Waals surface area contributed by atoms with Gasteiger partial charge in [0, 0.05) is 6.04 Å². The predicted molar refractivity (Wildman–Crippen MR) is 94.0 cm³/mol. The van der Waals surface area contributed by atoms with Crippen LogP contribution in [0.4, 0.5) is 4.39 Å². The van der Waals surface area contributed by atoms with Gasteiger partial charge in [-0.1, -0.05) is 24.3 Å². The highest BCUT2D eigenvalue weighted by Crippen LogP contribution is 2.16. The lowest BCUT2D eigenvalue weighted by molar-refractivity contribution is -0.117. The van der Waals surface area contributed by atoms with Crippen molar-refractivity contribution in [2.45, 2.75) is 26.5 Å². The van der Waals surface area contributed by atoms with Crippen LogP contribution < -0.4 is 10.1 Å². The van der Waals surface area contributed by atoms with Crippen LogP contribution in [0, 0.1) is 17.1 Å². The van der Waals surface area contributed by atoms with Gasteiger partial charge in [0.2, 0.25) is 0 Å². The Morgan fingerprint density at radius 2 is 2.00 bits per heavy atom. The van der Waals surface area contributed by atoms with Crippen LogP contribution >= 0.6 is 0 Å². The Labute approximate surface area is 146 Å². The Hall–Kier alpha value is -3.13. The van der Waals surface area contributed by atoms with Crippen LogP contribution in [0.2, 0.25) is 0 Å². The van der Waals surface area contributed by atoms with Crippen molar-refractivity contribution < 1.29 is 13.9 Å². The number of rotatable bonds is 6. The molecule has 2 rings (SSSR count). The third-order valence-electron chi connectivity index (χ3n) is 3.27. The largest absolute Gasteiger partial charge is 0.489 e. The Morgan fingerprint density at radius 3 is 2.60 bits per heavy atom. The summed E-state index contributed by atoms with van der Waals surface area (Å²) in [6.45, 7) is 3.92. The highest BCUT2D eigenvalue weighted by atomic mass is 19.1. The molecule has 4 nitrogen and oxygen atoms in total. The van der Waals surface area contributed by atoms with E-state index in [-0.39, 0.29) is 24.0 Å². The summed E-state index contributed by atoms with van der Waals surface area (Å²) in [6, 6.07) is 15.1. The molecule has 0 aliphatic heterocycles. The van der Waals surface area contributed by atoms with E-state index in [0.717, 1.165) is 5.56 Å². The van der Waals surface area contributed by atoms with Gasteiger partial charge < -0.3 is 10.1 Å². The number of hydrogen-bond donors (Lipinski definition) is 1. The molecule has 0 radical (unpaired) electrons. The quantitative estimate of drug-likeness (QED) is 0.643. The summed E-state index contributed by atoms with van der Waals surface area (Å²) in [4.78, 5) is 11.9. The van der Waals surface area contributed by atoms with E-state index in [4.69, 9.17) is 10.00 Å². The molecule has 0 unspecified atom stereocenters. The monoisotopic (exact) mass is 338 g/mol. The number of carbonyl (C=O) groups is 1. The Balaban J connectivity index is 2.02. The average molecular weight is 338 g/mol. The smallest absolute Gasteiger partial charge is 0.262 e. The van der Waals surface area contributed by atoms with Gasteiger partial charge >= 0.3 is 0 Å². The van der Waals surface area contributed by atoms with Crippen LogP contribution in [0.3, 0.4) is 0 Å². The van der Waals surface area contributed by atoms with Crippen molar-refractivity contribution in [1.82, 2.24) is 5.32 Å². The van der Waals surface area contributed by atoms with Gasteiger partial charge in [-0.25, -0.2) is 4.39 Å². The molecule has 2 aromatic rings. The van der Waals surface area contributed by atoms with E-state index in [1.807, 2.05) is 19.9 Å². The van der Waals surface area contributed by atoms with E-state index in [2.05, 4.69) is 5.32 Å². The maximum atomic E-state index is 13.1. The summed E-state index contributed by atoms with van der Waals surface area (Å²) in [5, 5.41) is 11.8. The molecule has 5 heteroatoms. The first kappa shape index (κ1) is 18.2. The zero-order valence-electron chi connectivity index (χ0n) is 14.1. The minimum absolute atomic E-state index is 0.0390. The molecule has 25 heavy (non-hydrogen) atoms. The number of ether oxygens (including phenoxy) is 1. The first-order valence-corrected chi connectivity index (χ1v) is 7.88. The van der Waals surface area contributed by atoms with Crippen LogP contribution in [0.15, 0.2) is 54.1 Å². The zero-order chi connectivity index (χ0) is 18.2. The third kappa shape index (κ3) is 5.78. The van der Waals surface area contributed by atoms with Crippen molar-refractivity contribution in [3.05, 3.63) is 71.0 Å². The average Bonchev–Trinajstić information content (AvgIpc) is 2.58. The van der Waals surface area contributed by atoms with E-state index in [9.17, 15) is 9.18 Å². The summed E-state index contributed by atoms with van der Waals surface area (Å²) in [6.07, 6.45) is 1.52. The first-order valence-electron chi connectivity index (χ1n) is 7.88. The molecule has 0 aliphatic carbocycles. The van der Waals surface area contributed by atoms with Gasteiger partial charge in [0.15, 0.2) is 0 Å². The van der Waals surface area contributed by atoms with Crippen molar-refractivity contribution in [3.63, 3.8) is 0 Å². The Morgan fingerprint density at radius 1 is 1.28 bits per heavy atom. The number of nitrogens with zero attached hydrogens (tertiary/aromatic N) is 1. The van der Waals surface area contributed by atoms with E-state index in [0.29, 0.717) is 11.3 Å². The molecular weight excluding hydrogens is 319 g/mol. The van der Waals surface area contributed by atoms with Crippen molar-refractivity contribution >= 4 is 12.0 Å². The van der Waals surface area contributed by atoms with Gasteiger partial charge in [-0.3, -0.25) is 4.79 Å². The van der Waals surface area contributed by atoms with E-state index < -0.39 is 5.91 Å². The van der Waals surface area contributed by atoms with Crippen LogP contribution in [0.1, 0.15) is 25.0 Å². The fourth-order valence-electron chi connectivity index (χ4n) is 2.11. The zero-order valence-corrected chi connectivity index (χ0v) is 14.1. The standard InChI is InChI=1S/C20H19FN2O2/c1-14(2)23-20(24)17(12-22)10-15-6-8-19(9-7-15)25-13-16-4-3-5-18(21)11-16/h3-11,14H,13H2,1-2H3,(H,23,24)/b17-10-. The second kappa shape index (κ2) is 8.65. The Bertz CT molecular complexity index is 805. The molecule has 0 bridgehead atoms. The van der Waals surface area contributed by atoms with Crippen LogP contribution in [-0.4, -0.2) is 11.9 Å². The fourth-order valence-corrected chi connectivity index (χ4v) is 2.11. The summed E-state index contributed by atoms with van der Waals surface area (Å²) >= 11 is 0. The first-order chi connectivity index (χ1) is 12.0. The summed E-state index contributed by atoms with van der Waals surface area (Å²) in [7, 11) is 0. The number of carbonyl (C=O) groups excluding carboxylic acids is 1. The van der Waals surface area contributed by atoms with Crippen molar-refractivity contribution in [3.8, 4) is 11.8 Å². The van der Waals surface area contributed by atoms with Crippen LogP contribution in [0.25, 0.3) is 6.08 Å². The summed E-state index contributed by atoms with van der Waals surface area (Å²) < 4.78 is 18.7. The SMILES string of the molecule is CC(C)NC(=O)/C(C#N)=C\c1ccc(OCc2cccc(F)c2)cc1. The van der Waals surface area contributed by atoms with E-state index in [1.165, 1.54) is 18.2 Å². The molecule has 1 N–H and O–H groups in total. The highest BCUT2D eigenvalue weighted by Gasteiger charge is 2.09. The number of hydrogen-bond acceptors (Lipinski definition) is 3. The van der Waals surface area contributed by atoms with Crippen molar-refractivity contribution in [1.29, 1.82) is 5.26 Å². The van der Waals surface area contributed by atoms with Gasteiger partial charge in [0.1, 0.15) is 29.8 Å². The molecule has 0 aliphatic rings. The van der Waals surface area contributed by atoms with Gasteiger partial charge in [-0.15, -0.1) is 0 Å². The lowest BCUT2D eigenvalue weighted by atomic mass is 10.1. The van der Waals surface area contributed by atoms with Gasteiger partial charge in [0.25, 0.3) is 5.91 Å². The second-order valence-corrected chi connectivity index (χ2v) is 5.79. The number of nitriles is 1. The van der Waals surface area contributed by atoms with E-state index in [1.54, 1.807) is 36.4 Å². The Kier molecular flexibility index (Phi) is 6.30. The predicted octanol–water partition coefficient (Wildman–Crippen LogP) is 3.84. The van der Waals surface area contributed by atoms with Crippen LogP contribution in [-0.2, 0) is 11.4 Å². The molecule has 0 saturated heterocycles. The van der Waals surface area contributed by atoms with Crippen LogP contribution in [0.5, 0.6) is 5.75 Å². The van der Waals surface area contributed by atoms with E-state index >= 15 is 0 Å². The number of benzene rings is 2. The number of halogens is 1. The second-order valence-electron chi connectivity index (χ2n) is 5.79. The molecular formula is C20H19FN2O2. The minimum atomic E-state index is -0.399. The van der Waals surface area contributed by atoms with Gasteiger partial charge in [-0.05, 0) is 55.3 Å². The number of amides is 1. The summed E-state index contributed by atoms with van der Waals surface area (Å²) in [5.74, 6) is -0.0826. The highest BCUT2D eigenvalue weighted by molar-refractivity contribution is 6.01. The molecule has 0 aromatic heterocycles. The molecule has 2 aromatic carbocycles. The molecule has 0 saturated carbocycles. The maximum absolute atomic E-state index is 13.1. The van der Waals surface area contributed by atoms with Crippen molar-refractivity contribution in [2.75, 3.05) is 0 Å².